The quantitative estimate of drug-likeness (QED) is 0.825. The molecule has 1 aromatic rings. The molecule has 1 aromatic heterocycles. The minimum Gasteiger partial charge on any atom is -0.342 e. The number of hydrogen-bond acceptors (Lipinski definition) is 4. The molecule has 2 aliphatic heterocycles. The molecule has 136 valence electrons. The van der Waals surface area contributed by atoms with E-state index < -0.39 is 0 Å². The van der Waals surface area contributed by atoms with Crippen molar-refractivity contribution in [3.8, 4) is 0 Å². The Morgan fingerprint density at radius 2 is 1.92 bits per heavy atom. The summed E-state index contributed by atoms with van der Waals surface area (Å²) in [6.45, 7) is 3.48. The lowest BCUT2D eigenvalue weighted by molar-refractivity contribution is -0.134. The molecule has 2 fully saturated rings. The molecule has 0 spiro atoms. The summed E-state index contributed by atoms with van der Waals surface area (Å²) in [4.78, 5) is 33.1. The summed E-state index contributed by atoms with van der Waals surface area (Å²) in [5.41, 5.74) is 0. The Labute approximate surface area is 148 Å². The molecule has 0 N–H and O–H groups in total. The molecule has 1 saturated heterocycles. The number of likely N-dealkylation sites (tertiary alicyclic amines) is 1. The highest BCUT2D eigenvalue weighted by molar-refractivity contribution is 5.79. The summed E-state index contributed by atoms with van der Waals surface area (Å²) < 4.78 is 1.99. The molecule has 0 bridgehead atoms. The number of amides is 2. The maximum atomic E-state index is 12.6. The van der Waals surface area contributed by atoms with Gasteiger partial charge in [0.15, 0.2) is 5.82 Å². The molecule has 2 amide bonds. The number of hydrogen-bond donors (Lipinski definition) is 0. The third kappa shape index (κ3) is 3.85. The average molecular weight is 345 g/mol. The summed E-state index contributed by atoms with van der Waals surface area (Å²) in [5, 5.41) is 4.62. The highest BCUT2D eigenvalue weighted by Crippen LogP contribution is 2.38. The first kappa shape index (κ1) is 16.5. The molecule has 25 heavy (non-hydrogen) atoms. The van der Waals surface area contributed by atoms with E-state index >= 15 is 0 Å². The van der Waals surface area contributed by atoms with E-state index in [1.54, 1.807) is 0 Å². The number of carbonyl (C=O) groups excluding carboxylic acids is 2. The fourth-order valence-corrected chi connectivity index (χ4v) is 3.75. The molecule has 3 heterocycles. The SMILES string of the molecule is O=C1CCCCCN1CCC(=O)N1CCc2nc(C3CC3)nn2CC1. The Balaban J connectivity index is 1.29. The fourth-order valence-electron chi connectivity index (χ4n) is 3.75. The molecule has 0 aromatic carbocycles. The molecular weight excluding hydrogens is 318 g/mol. The van der Waals surface area contributed by atoms with Crippen LogP contribution in [0.5, 0.6) is 0 Å². The molecule has 0 radical (unpaired) electrons. The van der Waals surface area contributed by atoms with E-state index in [2.05, 4.69) is 10.1 Å². The van der Waals surface area contributed by atoms with Gasteiger partial charge in [-0.25, -0.2) is 9.67 Å². The van der Waals surface area contributed by atoms with E-state index in [1.165, 1.54) is 12.8 Å². The highest BCUT2D eigenvalue weighted by atomic mass is 16.2. The third-order valence-electron chi connectivity index (χ3n) is 5.51. The van der Waals surface area contributed by atoms with Crippen molar-refractivity contribution in [3.63, 3.8) is 0 Å². The molecule has 4 rings (SSSR count). The van der Waals surface area contributed by atoms with Crippen molar-refractivity contribution in [2.24, 2.45) is 0 Å². The van der Waals surface area contributed by atoms with Crippen LogP contribution in [0.25, 0.3) is 0 Å². The zero-order chi connectivity index (χ0) is 17.2. The molecule has 7 heteroatoms. The Hall–Kier alpha value is -1.92. The van der Waals surface area contributed by atoms with Crippen molar-refractivity contribution in [2.45, 2.75) is 63.8 Å². The average Bonchev–Trinajstić information content (AvgIpc) is 3.42. The summed E-state index contributed by atoms with van der Waals surface area (Å²) in [6, 6.07) is 0. The number of carbonyl (C=O) groups is 2. The fraction of sp³-hybridized carbons (Fsp3) is 0.778. The van der Waals surface area contributed by atoms with Crippen LogP contribution in [0, 0.1) is 0 Å². The van der Waals surface area contributed by atoms with Gasteiger partial charge in [-0.2, -0.15) is 5.10 Å². The molecule has 1 aliphatic carbocycles. The lowest BCUT2D eigenvalue weighted by Crippen LogP contribution is -2.38. The number of aromatic nitrogens is 3. The van der Waals surface area contributed by atoms with Crippen molar-refractivity contribution >= 4 is 11.8 Å². The van der Waals surface area contributed by atoms with E-state index in [0.29, 0.717) is 38.4 Å². The first-order chi connectivity index (χ1) is 12.2. The van der Waals surface area contributed by atoms with Gasteiger partial charge in [0, 0.05) is 51.4 Å². The Morgan fingerprint density at radius 1 is 1.04 bits per heavy atom. The first-order valence-electron chi connectivity index (χ1n) is 9.70. The Kier molecular flexibility index (Phi) is 4.72. The summed E-state index contributed by atoms with van der Waals surface area (Å²) in [5.74, 6) is 2.93. The monoisotopic (exact) mass is 345 g/mol. The van der Waals surface area contributed by atoms with Crippen molar-refractivity contribution in [1.82, 2.24) is 24.6 Å². The van der Waals surface area contributed by atoms with Crippen molar-refractivity contribution in [1.29, 1.82) is 0 Å². The summed E-state index contributed by atoms with van der Waals surface area (Å²) in [7, 11) is 0. The molecule has 7 nitrogen and oxygen atoms in total. The van der Waals surface area contributed by atoms with Crippen molar-refractivity contribution < 1.29 is 9.59 Å². The van der Waals surface area contributed by atoms with Gasteiger partial charge in [0.05, 0.1) is 6.54 Å². The topological polar surface area (TPSA) is 71.3 Å². The van der Waals surface area contributed by atoms with Crippen molar-refractivity contribution in [3.05, 3.63) is 11.6 Å². The second kappa shape index (κ2) is 7.14. The van der Waals surface area contributed by atoms with Crippen LogP contribution in [-0.2, 0) is 22.6 Å². The Bertz CT molecular complexity index is 626. The van der Waals surface area contributed by atoms with Crippen molar-refractivity contribution in [2.75, 3.05) is 26.2 Å². The van der Waals surface area contributed by atoms with E-state index in [1.807, 2.05) is 14.5 Å². The van der Waals surface area contributed by atoms with E-state index in [0.717, 1.165) is 50.4 Å². The van der Waals surface area contributed by atoms with Gasteiger partial charge in [0.1, 0.15) is 5.82 Å². The number of fused-ring (bicyclic) bond motifs is 1. The lowest BCUT2D eigenvalue weighted by Gasteiger charge is -2.24. The van der Waals surface area contributed by atoms with Gasteiger partial charge in [-0.3, -0.25) is 9.59 Å². The standard InChI is InChI=1S/C18H27N5O2/c24-16-4-2-1-3-9-21(16)11-8-17(25)22-10-7-15-19-18(14-5-6-14)20-23(15)13-12-22/h14H,1-13H2. The van der Waals surface area contributed by atoms with E-state index in [-0.39, 0.29) is 11.8 Å². The van der Waals surface area contributed by atoms with Gasteiger partial charge in [0.2, 0.25) is 11.8 Å². The summed E-state index contributed by atoms with van der Waals surface area (Å²) >= 11 is 0. The van der Waals surface area contributed by atoms with Crippen LogP contribution < -0.4 is 0 Å². The normalized spacial score (nSPS) is 21.7. The van der Waals surface area contributed by atoms with Gasteiger partial charge in [-0.1, -0.05) is 6.42 Å². The van der Waals surface area contributed by atoms with Crippen LogP contribution in [0.4, 0.5) is 0 Å². The predicted molar refractivity (Wildman–Crippen MR) is 91.9 cm³/mol. The van der Waals surface area contributed by atoms with E-state index in [9.17, 15) is 9.59 Å². The van der Waals surface area contributed by atoms with Crippen LogP contribution >= 0.6 is 0 Å². The molecule has 3 aliphatic rings. The predicted octanol–water partition coefficient (Wildman–Crippen LogP) is 1.33. The van der Waals surface area contributed by atoms with Gasteiger partial charge in [-0.15, -0.1) is 0 Å². The Morgan fingerprint density at radius 3 is 2.76 bits per heavy atom. The number of nitrogens with zero attached hydrogens (tertiary/aromatic N) is 5. The molecular formula is C18H27N5O2. The summed E-state index contributed by atoms with van der Waals surface area (Å²) in [6.07, 6.45) is 7.41. The van der Waals surface area contributed by atoms with Crippen LogP contribution in [0.15, 0.2) is 0 Å². The maximum absolute atomic E-state index is 12.6. The van der Waals surface area contributed by atoms with E-state index in [4.69, 9.17) is 0 Å². The lowest BCUT2D eigenvalue weighted by atomic mass is 10.2. The minimum atomic E-state index is 0.144. The zero-order valence-electron chi connectivity index (χ0n) is 14.8. The minimum absolute atomic E-state index is 0.144. The van der Waals surface area contributed by atoms with Crippen LogP contribution in [0.2, 0.25) is 0 Å². The maximum Gasteiger partial charge on any atom is 0.224 e. The highest BCUT2D eigenvalue weighted by Gasteiger charge is 2.30. The van der Waals surface area contributed by atoms with Gasteiger partial charge >= 0.3 is 0 Å². The second-order valence-corrected chi connectivity index (χ2v) is 7.46. The van der Waals surface area contributed by atoms with Crippen LogP contribution in [-0.4, -0.2) is 62.6 Å². The molecule has 0 atom stereocenters. The van der Waals surface area contributed by atoms with Gasteiger partial charge < -0.3 is 9.80 Å². The van der Waals surface area contributed by atoms with Crippen LogP contribution in [0.3, 0.4) is 0 Å². The molecule has 0 unspecified atom stereocenters. The van der Waals surface area contributed by atoms with Gasteiger partial charge in [0.25, 0.3) is 0 Å². The number of rotatable bonds is 4. The zero-order valence-corrected chi connectivity index (χ0v) is 14.8. The van der Waals surface area contributed by atoms with Gasteiger partial charge in [-0.05, 0) is 25.7 Å². The second-order valence-electron chi connectivity index (χ2n) is 7.46. The largest absolute Gasteiger partial charge is 0.342 e. The third-order valence-corrected chi connectivity index (χ3v) is 5.51. The first-order valence-corrected chi connectivity index (χ1v) is 9.70. The smallest absolute Gasteiger partial charge is 0.224 e. The molecule has 1 saturated carbocycles. The van der Waals surface area contributed by atoms with Crippen LogP contribution in [0.1, 0.15) is 62.5 Å².